The zero-order valence-corrected chi connectivity index (χ0v) is 28.8. The number of benzene rings is 2. The van der Waals surface area contributed by atoms with E-state index in [1.165, 1.54) is 11.2 Å². The fraction of sp³-hybridized carbons (Fsp3) is 0.545. The van der Waals surface area contributed by atoms with Gasteiger partial charge in [0.05, 0.1) is 34.6 Å². The van der Waals surface area contributed by atoms with E-state index in [-0.39, 0.29) is 42.0 Å². The van der Waals surface area contributed by atoms with Crippen molar-refractivity contribution in [2.45, 2.75) is 44.0 Å². The first-order valence-corrected chi connectivity index (χ1v) is 17.9. The maximum atomic E-state index is 14.2. The van der Waals surface area contributed by atoms with Crippen LogP contribution in [-0.2, 0) is 37.5 Å². The SMILES string of the molecule is C[C@@H](O)[C@H]1C(=O)N2C(C(=O)[O-])=C(CN3Cc4cccc5c(C[N+]67CC[N+](CC(=O)NCCN)(CC6)CC7)ccc(c45)S3(=O)=O)[C@H](C)[C@H]12.[Cl-]. The van der Waals surface area contributed by atoms with E-state index in [9.17, 15) is 33.0 Å². The largest absolute Gasteiger partial charge is 1.00 e. The maximum absolute atomic E-state index is 14.2. The van der Waals surface area contributed by atoms with Crippen LogP contribution < -0.4 is 28.6 Å². The lowest BCUT2D eigenvalue weighted by molar-refractivity contribution is -1.08. The highest BCUT2D eigenvalue weighted by atomic mass is 35.5. The van der Waals surface area contributed by atoms with E-state index < -0.39 is 45.9 Å². The average Bonchev–Trinajstić information content (AvgIpc) is 3.27. The molecule has 2 bridgehead atoms. The van der Waals surface area contributed by atoms with Crippen molar-refractivity contribution in [2.24, 2.45) is 17.6 Å². The highest BCUT2D eigenvalue weighted by Crippen LogP contribution is 2.48. The Bertz CT molecular complexity index is 1810. The monoisotopic (exact) mass is 702 g/mol. The van der Waals surface area contributed by atoms with E-state index in [2.05, 4.69) is 5.32 Å². The molecule has 6 heterocycles. The number of carbonyl (C=O) groups is 3. The van der Waals surface area contributed by atoms with Gasteiger partial charge in [0.15, 0.2) is 6.54 Å². The Hall–Kier alpha value is -3.11. The number of piperazine rings is 3. The van der Waals surface area contributed by atoms with Crippen LogP contribution in [0, 0.1) is 11.8 Å². The minimum atomic E-state index is -4.02. The van der Waals surface area contributed by atoms with Crippen LogP contribution in [0.15, 0.2) is 46.5 Å². The highest BCUT2D eigenvalue weighted by Gasteiger charge is 2.59. The highest BCUT2D eigenvalue weighted by molar-refractivity contribution is 7.89. The number of hydrogen-bond donors (Lipinski definition) is 3. The molecular weight excluding hydrogens is 660 g/mol. The quantitative estimate of drug-likeness (QED) is 0.164. The number of fused-ring (bicyclic) bond motifs is 4. The van der Waals surface area contributed by atoms with E-state index >= 15 is 0 Å². The first-order chi connectivity index (χ1) is 22.3. The van der Waals surface area contributed by atoms with Crippen LogP contribution in [0.3, 0.4) is 0 Å². The maximum Gasteiger partial charge on any atom is 0.275 e. The van der Waals surface area contributed by atoms with E-state index in [1.54, 1.807) is 13.0 Å². The van der Waals surface area contributed by atoms with Gasteiger partial charge in [-0.3, -0.25) is 9.59 Å². The van der Waals surface area contributed by atoms with E-state index in [1.807, 2.05) is 24.3 Å². The lowest BCUT2D eigenvalue weighted by Crippen LogP contribution is -3.00. The number of halogens is 1. The number of carbonyl (C=O) groups excluding carboxylic acids is 3. The van der Waals surface area contributed by atoms with Crippen LogP contribution in [0.25, 0.3) is 10.8 Å². The summed E-state index contributed by atoms with van der Waals surface area (Å²) >= 11 is 0. The molecule has 0 aliphatic carbocycles. The van der Waals surface area contributed by atoms with Crippen LogP contribution in [-0.4, -0.2) is 127 Å². The van der Waals surface area contributed by atoms with Gasteiger partial charge < -0.3 is 52.3 Å². The van der Waals surface area contributed by atoms with Crippen LogP contribution >= 0.6 is 0 Å². The number of hydrogen-bond acceptors (Lipinski definition) is 8. The molecule has 6 aliphatic heterocycles. The molecule has 15 heteroatoms. The third kappa shape index (κ3) is 5.32. The number of carboxylic acids is 1. The molecule has 4 N–H and O–H groups in total. The topological polar surface area (TPSA) is 173 Å². The van der Waals surface area contributed by atoms with Crippen molar-refractivity contribution in [3.63, 3.8) is 0 Å². The number of amides is 2. The summed E-state index contributed by atoms with van der Waals surface area (Å²) in [4.78, 5) is 38.9. The molecule has 2 amide bonds. The van der Waals surface area contributed by atoms with Gasteiger partial charge in [0.2, 0.25) is 15.9 Å². The first kappa shape index (κ1) is 34.7. The van der Waals surface area contributed by atoms with Gasteiger partial charge in [-0.15, -0.1) is 0 Å². The molecule has 13 nitrogen and oxygen atoms in total. The van der Waals surface area contributed by atoms with Crippen molar-refractivity contribution >= 4 is 38.6 Å². The van der Waals surface area contributed by atoms with E-state index in [0.29, 0.717) is 30.6 Å². The van der Waals surface area contributed by atoms with Crippen LogP contribution in [0.2, 0.25) is 0 Å². The Morgan fingerprint density at radius 1 is 1.10 bits per heavy atom. The third-order valence-corrected chi connectivity index (χ3v) is 13.4. The number of aliphatic hydroxyl groups excluding tert-OH is 1. The molecule has 6 aliphatic rings. The molecule has 0 unspecified atom stereocenters. The number of quaternary nitrogens is 2. The van der Waals surface area contributed by atoms with Gasteiger partial charge in [-0.1, -0.05) is 31.2 Å². The number of rotatable bonds is 10. The summed E-state index contributed by atoms with van der Waals surface area (Å²) in [6.07, 6.45) is -0.957. The molecule has 4 atom stereocenters. The molecule has 0 spiro atoms. The minimum Gasteiger partial charge on any atom is -1.00 e. The molecule has 2 aromatic rings. The Kier molecular flexibility index (Phi) is 8.93. The molecule has 8 rings (SSSR count). The number of carboxylic acid groups (broad SMARTS) is 1. The van der Waals surface area contributed by atoms with Crippen LogP contribution in [0.5, 0.6) is 0 Å². The number of aliphatic hydroxyl groups is 1. The van der Waals surface area contributed by atoms with Crippen molar-refractivity contribution in [1.82, 2.24) is 14.5 Å². The summed E-state index contributed by atoms with van der Waals surface area (Å²) in [5, 5.41) is 27.0. The average molecular weight is 703 g/mol. The Morgan fingerprint density at radius 3 is 2.40 bits per heavy atom. The summed E-state index contributed by atoms with van der Waals surface area (Å²) in [5.74, 6) is -3.17. The lowest BCUT2D eigenvalue weighted by atomic mass is 9.78. The zero-order valence-electron chi connectivity index (χ0n) is 27.2. The predicted molar refractivity (Wildman–Crippen MR) is 169 cm³/mol. The van der Waals surface area contributed by atoms with Gasteiger partial charge in [-0.25, -0.2) is 8.42 Å². The zero-order chi connectivity index (χ0) is 33.5. The summed E-state index contributed by atoms with van der Waals surface area (Å²) < 4.78 is 31.3. The number of nitrogens with two attached hydrogens (primary N) is 1. The van der Waals surface area contributed by atoms with Gasteiger partial charge in [-0.2, -0.15) is 4.31 Å². The molecule has 0 radical (unpaired) electrons. The lowest BCUT2D eigenvalue weighted by Gasteiger charge is -2.55. The second-order valence-electron chi connectivity index (χ2n) is 14.2. The van der Waals surface area contributed by atoms with Crippen molar-refractivity contribution < 1.29 is 54.4 Å². The number of β-lactam (4-membered cyclic amide) rings is 1. The van der Waals surface area contributed by atoms with Gasteiger partial charge in [0.1, 0.15) is 45.8 Å². The standard InChI is InChI=1S/C33H42N6O7S.ClH/c1-20-25(31(33(43)44)37-30(20)28(21(2)40)32(37)42)17-36-16-22-4-3-5-24-23(6-7-26(29(22)24)47(36,45)46)18-38-10-13-39(14-11-38,15-12-38)19-27(41)35-9-8-34;/h3-7,20-21,28,30,40H,8-19,34H2,1-2H3;1H/t20-,21+,28+,30+,38?,39?;/m0./s1. The van der Waals surface area contributed by atoms with Gasteiger partial charge in [0.25, 0.3) is 5.91 Å². The number of sulfonamides is 1. The van der Waals surface area contributed by atoms with E-state index in [0.717, 1.165) is 76.2 Å². The smallest absolute Gasteiger partial charge is 0.275 e. The summed E-state index contributed by atoms with van der Waals surface area (Å²) in [6, 6.07) is 8.90. The number of nitrogens with zero attached hydrogens (tertiary/aromatic N) is 4. The van der Waals surface area contributed by atoms with Crippen molar-refractivity contribution in [1.29, 1.82) is 0 Å². The minimum absolute atomic E-state index is 0. The van der Waals surface area contributed by atoms with E-state index in [4.69, 9.17) is 5.73 Å². The van der Waals surface area contributed by atoms with Crippen molar-refractivity contribution in [2.75, 3.05) is 65.4 Å². The van der Waals surface area contributed by atoms with Crippen LogP contribution in [0.4, 0.5) is 0 Å². The number of aliphatic carboxylic acids is 1. The molecule has 0 aromatic heterocycles. The summed E-state index contributed by atoms with van der Waals surface area (Å²) in [6.45, 7) is 10.9. The Balaban J connectivity index is 0.00000401. The molecule has 260 valence electrons. The molecule has 2 aromatic carbocycles. The fourth-order valence-corrected chi connectivity index (χ4v) is 10.6. The Morgan fingerprint density at radius 2 is 1.77 bits per heavy atom. The molecule has 48 heavy (non-hydrogen) atoms. The molecular formula is C33H43ClN6O7S. The van der Waals surface area contributed by atoms with Gasteiger partial charge >= 0.3 is 0 Å². The normalized spacial score (nSPS) is 30.9. The second kappa shape index (κ2) is 12.3. The summed E-state index contributed by atoms with van der Waals surface area (Å²) in [7, 11) is -4.02. The van der Waals surface area contributed by atoms with Crippen molar-refractivity contribution in [3.05, 3.63) is 52.7 Å². The summed E-state index contributed by atoms with van der Waals surface area (Å²) in [5.41, 5.74) is 7.52. The fourth-order valence-electron chi connectivity index (χ4n) is 8.93. The Labute approximate surface area is 286 Å². The van der Waals surface area contributed by atoms with Crippen molar-refractivity contribution in [3.8, 4) is 0 Å². The first-order valence-electron chi connectivity index (χ1n) is 16.5. The predicted octanol–water partition coefficient (Wildman–Crippen LogP) is -4.55. The molecule has 4 fully saturated rings. The molecule has 4 saturated heterocycles. The third-order valence-electron chi connectivity index (χ3n) is 11.6. The number of nitrogens with one attached hydrogen (secondary N) is 1. The van der Waals surface area contributed by atoms with Gasteiger partial charge in [0, 0.05) is 43.0 Å². The second-order valence-corrected chi connectivity index (χ2v) is 16.1. The van der Waals surface area contributed by atoms with Crippen LogP contribution in [0.1, 0.15) is 25.0 Å². The van der Waals surface area contributed by atoms with Gasteiger partial charge in [-0.05, 0) is 29.5 Å². The molecule has 0 saturated carbocycles.